The molecule has 2 amide bonds. The molecule has 0 bridgehead atoms. The number of ether oxygens (including phenoxy) is 1. The smallest absolute Gasteiger partial charge is 0.238 e. The van der Waals surface area contributed by atoms with Gasteiger partial charge in [-0.15, -0.1) is 11.8 Å². The predicted molar refractivity (Wildman–Crippen MR) is 103 cm³/mol. The van der Waals surface area contributed by atoms with Gasteiger partial charge in [-0.2, -0.15) is 0 Å². The molecule has 1 heterocycles. The predicted octanol–water partition coefficient (Wildman–Crippen LogP) is 3.82. The summed E-state index contributed by atoms with van der Waals surface area (Å²) in [5.74, 6) is 1.60. The lowest BCUT2D eigenvalue weighted by Gasteiger charge is -2.24. The van der Waals surface area contributed by atoms with Crippen LogP contribution in [0.2, 0.25) is 0 Å². The lowest BCUT2D eigenvalue weighted by Crippen LogP contribution is -2.27. The Labute approximate surface area is 156 Å². The number of carbonyl (C=O) groups excluding carboxylic acids is 2. The van der Waals surface area contributed by atoms with E-state index in [-0.39, 0.29) is 23.1 Å². The Morgan fingerprint density at radius 2 is 1.81 bits per heavy atom. The number of amides is 2. The molecule has 1 saturated carbocycles. The van der Waals surface area contributed by atoms with Gasteiger partial charge < -0.3 is 10.1 Å². The van der Waals surface area contributed by atoms with E-state index in [1.807, 2.05) is 53.4 Å². The lowest BCUT2D eigenvalue weighted by molar-refractivity contribution is -0.117. The first-order valence-corrected chi connectivity index (χ1v) is 9.69. The Morgan fingerprint density at radius 1 is 1.12 bits per heavy atom. The Morgan fingerprint density at radius 3 is 2.42 bits per heavy atom. The maximum Gasteiger partial charge on any atom is 0.238 e. The quantitative estimate of drug-likeness (QED) is 0.872. The highest BCUT2D eigenvalue weighted by Crippen LogP contribution is 2.42. The van der Waals surface area contributed by atoms with E-state index in [9.17, 15) is 9.59 Å². The number of nitrogens with one attached hydrogen (secondary N) is 1. The van der Waals surface area contributed by atoms with Gasteiger partial charge in [0.15, 0.2) is 0 Å². The maximum absolute atomic E-state index is 12.4. The van der Waals surface area contributed by atoms with Gasteiger partial charge in [0, 0.05) is 17.3 Å². The molecule has 2 aliphatic rings. The molecule has 1 unspecified atom stereocenters. The summed E-state index contributed by atoms with van der Waals surface area (Å²) in [5.41, 5.74) is 2.70. The van der Waals surface area contributed by atoms with Crippen molar-refractivity contribution < 1.29 is 14.3 Å². The molecule has 2 fully saturated rings. The fraction of sp³-hybridized carbons (Fsp3) is 0.300. The van der Waals surface area contributed by atoms with Gasteiger partial charge in [0.05, 0.1) is 12.9 Å². The van der Waals surface area contributed by atoms with Crippen LogP contribution in [-0.4, -0.2) is 24.7 Å². The van der Waals surface area contributed by atoms with Gasteiger partial charge in [-0.05, 0) is 54.8 Å². The molecule has 1 aliphatic carbocycles. The molecule has 2 aromatic carbocycles. The number of anilines is 2. The van der Waals surface area contributed by atoms with Crippen LogP contribution in [0.1, 0.15) is 23.8 Å². The number of benzene rings is 2. The summed E-state index contributed by atoms with van der Waals surface area (Å²) in [4.78, 5) is 26.1. The largest absolute Gasteiger partial charge is 0.497 e. The molecule has 6 heteroatoms. The van der Waals surface area contributed by atoms with Crippen LogP contribution in [0.25, 0.3) is 0 Å². The summed E-state index contributed by atoms with van der Waals surface area (Å²) in [6.45, 7) is 0. The summed E-state index contributed by atoms with van der Waals surface area (Å²) in [7, 11) is 1.62. The van der Waals surface area contributed by atoms with Crippen molar-refractivity contribution in [2.75, 3.05) is 23.1 Å². The minimum Gasteiger partial charge on any atom is -0.497 e. The van der Waals surface area contributed by atoms with Crippen molar-refractivity contribution >= 4 is 35.0 Å². The van der Waals surface area contributed by atoms with E-state index in [2.05, 4.69) is 5.32 Å². The molecule has 4 rings (SSSR count). The summed E-state index contributed by atoms with van der Waals surface area (Å²) in [5, 5.41) is 2.88. The zero-order valence-corrected chi connectivity index (χ0v) is 15.3. The van der Waals surface area contributed by atoms with Crippen LogP contribution >= 0.6 is 11.8 Å². The Kier molecular flexibility index (Phi) is 4.59. The van der Waals surface area contributed by atoms with E-state index in [1.165, 1.54) is 0 Å². The summed E-state index contributed by atoms with van der Waals surface area (Å²) in [6, 6.07) is 15.3. The van der Waals surface area contributed by atoms with Gasteiger partial charge >= 0.3 is 0 Å². The molecule has 1 saturated heterocycles. The topological polar surface area (TPSA) is 58.6 Å². The van der Waals surface area contributed by atoms with Gasteiger partial charge in [-0.1, -0.05) is 12.1 Å². The molecule has 0 radical (unpaired) electrons. The second-order valence-corrected chi connectivity index (χ2v) is 7.58. The van der Waals surface area contributed by atoms with Crippen LogP contribution < -0.4 is 15.0 Å². The Bertz CT molecular complexity index is 816. The van der Waals surface area contributed by atoms with Gasteiger partial charge in [0.2, 0.25) is 11.8 Å². The third-order valence-corrected chi connectivity index (χ3v) is 5.84. The van der Waals surface area contributed by atoms with E-state index in [1.54, 1.807) is 18.9 Å². The highest BCUT2D eigenvalue weighted by atomic mass is 32.2. The molecule has 1 aliphatic heterocycles. The number of methoxy groups -OCH3 is 1. The van der Waals surface area contributed by atoms with Crippen LogP contribution in [0.15, 0.2) is 48.5 Å². The first-order chi connectivity index (χ1) is 12.7. The second-order valence-electron chi connectivity index (χ2n) is 6.51. The number of hydrogen-bond acceptors (Lipinski definition) is 4. The highest BCUT2D eigenvalue weighted by Gasteiger charge is 2.34. The fourth-order valence-corrected chi connectivity index (χ4v) is 4.19. The van der Waals surface area contributed by atoms with Crippen LogP contribution in [0, 0.1) is 5.92 Å². The third-order valence-electron chi connectivity index (χ3n) is 4.63. The van der Waals surface area contributed by atoms with Crippen LogP contribution in [0.5, 0.6) is 5.75 Å². The zero-order valence-electron chi connectivity index (χ0n) is 14.5. The first-order valence-electron chi connectivity index (χ1n) is 8.64. The second kappa shape index (κ2) is 7.03. The average molecular weight is 368 g/mol. The third kappa shape index (κ3) is 3.42. The number of rotatable bonds is 5. The van der Waals surface area contributed by atoms with Crippen molar-refractivity contribution in [1.82, 2.24) is 0 Å². The fourth-order valence-electron chi connectivity index (χ4n) is 3.01. The van der Waals surface area contributed by atoms with E-state index < -0.39 is 0 Å². The van der Waals surface area contributed by atoms with Crippen LogP contribution in [-0.2, 0) is 9.59 Å². The van der Waals surface area contributed by atoms with Crippen LogP contribution in [0.4, 0.5) is 11.4 Å². The van der Waals surface area contributed by atoms with Gasteiger partial charge in [-0.25, -0.2) is 0 Å². The SMILES string of the molecule is COc1ccc(N2C(=O)CSC2c2ccc(NC(=O)C3CC3)cc2)cc1. The highest BCUT2D eigenvalue weighted by molar-refractivity contribution is 8.00. The monoisotopic (exact) mass is 368 g/mol. The van der Waals surface area contributed by atoms with Gasteiger partial charge in [0.1, 0.15) is 11.1 Å². The number of thioether (sulfide) groups is 1. The van der Waals surface area contributed by atoms with E-state index >= 15 is 0 Å². The zero-order chi connectivity index (χ0) is 18.1. The van der Waals surface area contributed by atoms with Crippen molar-refractivity contribution in [2.45, 2.75) is 18.2 Å². The van der Waals surface area contributed by atoms with Gasteiger partial charge in [-0.3, -0.25) is 14.5 Å². The minimum atomic E-state index is -0.0657. The average Bonchev–Trinajstić information content (AvgIpc) is 3.45. The summed E-state index contributed by atoms with van der Waals surface area (Å²) >= 11 is 1.61. The maximum atomic E-state index is 12.4. The molecule has 134 valence electrons. The minimum absolute atomic E-state index is 0.0657. The molecular formula is C20H20N2O3S. The van der Waals surface area contributed by atoms with Crippen molar-refractivity contribution in [2.24, 2.45) is 5.92 Å². The summed E-state index contributed by atoms with van der Waals surface area (Å²) in [6.07, 6.45) is 1.98. The molecule has 0 aromatic heterocycles. The van der Waals surface area contributed by atoms with E-state index in [0.717, 1.165) is 35.5 Å². The number of hydrogen-bond donors (Lipinski definition) is 1. The van der Waals surface area contributed by atoms with Crippen molar-refractivity contribution in [1.29, 1.82) is 0 Å². The van der Waals surface area contributed by atoms with Crippen molar-refractivity contribution in [3.05, 3.63) is 54.1 Å². The Balaban J connectivity index is 1.53. The molecule has 26 heavy (non-hydrogen) atoms. The lowest BCUT2D eigenvalue weighted by atomic mass is 10.1. The number of nitrogens with zero attached hydrogens (tertiary/aromatic N) is 1. The Hall–Kier alpha value is -2.47. The molecule has 1 atom stereocenters. The summed E-state index contributed by atoms with van der Waals surface area (Å²) < 4.78 is 5.19. The standard InChI is InChI=1S/C20H20N2O3S/c1-25-17-10-8-16(9-11-17)22-18(23)12-26-20(22)14-4-6-15(7-5-14)21-19(24)13-2-3-13/h4-11,13,20H,2-3,12H2,1H3,(H,21,24). The first kappa shape index (κ1) is 17.0. The van der Waals surface area contributed by atoms with Crippen molar-refractivity contribution in [3.8, 4) is 5.75 Å². The molecule has 2 aromatic rings. The molecule has 1 N–H and O–H groups in total. The number of carbonyl (C=O) groups is 2. The van der Waals surface area contributed by atoms with Crippen LogP contribution in [0.3, 0.4) is 0 Å². The molecule has 0 spiro atoms. The van der Waals surface area contributed by atoms with Gasteiger partial charge in [0.25, 0.3) is 0 Å². The molecular weight excluding hydrogens is 348 g/mol. The molecule has 5 nitrogen and oxygen atoms in total. The van der Waals surface area contributed by atoms with Crippen molar-refractivity contribution in [3.63, 3.8) is 0 Å². The van der Waals surface area contributed by atoms with E-state index in [0.29, 0.717) is 5.75 Å². The van der Waals surface area contributed by atoms with E-state index in [4.69, 9.17) is 4.74 Å². The normalized spacial score (nSPS) is 19.5.